The standard InChI is InChI=1S/C19H22N2O/c1-14-6-4-10-17(12-14)20-21-19(22)13-16-9-5-8-15-7-2-3-11-18(15)16/h2-3,5,7-9,11,14H,4,6,10,12-13H2,1H3,(H,21,22)/b20-17+. The van der Waals surface area contributed by atoms with Crippen LogP contribution >= 0.6 is 0 Å². The second kappa shape index (κ2) is 6.73. The molecule has 3 rings (SSSR count). The molecule has 1 aliphatic carbocycles. The van der Waals surface area contributed by atoms with E-state index in [1.54, 1.807) is 0 Å². The highest BCUT2D eigenvalue weighted by atomic mass is 16.2. The van der Waals surface area contributed by atoms with Gasteiger partial charge in [-0.3, -0.25) is 4.79 Å². The molecule has 1 atom stereocenters. The number of hydrazone groups is 1. The van der Waals surface area contributed by atoms with Crippen LogP contribution in [0.4, 0.5) is 0 Å². The molecule has 2 aromatic rings. The number of amides is 1. The average Bonchev–Trinajstić information content (AvgIpc) is 2.53. The minimum Gasteiger partial charge on any atom is -0.273 e. The minimum atomic E-state index is -0.0397. The summed E-state index contributed by atoms with van der Waals surface area (Å²) in [6, 6.07) is 14.2. The first-order chi connectivity index (χ1) is 10.7. The molecular weight excluding hydrogens is 272 g/mol. The molecule has 3 heteroatoms. The molecule has 3 nitrogen and oxygen atoms in total. The van der Waals surface area contributed by atoms with Gasteiger partial charge in [0, 0.05) is 5.71 Å². The fourth-order valence-corrected chi connectivity index (χ4v) is 3.16. The first-order valence-corrected chi connectivity index (χ1v) is 8.03. The number of nitrogens with zero attached hydrogens (tertiary/aromatic N) is 1. The van der Waals surface area contributed by atoms with Gasteiger partial charge in [0.05, 0.1) is 6.42 Å². The number of hydrogen-bond donors (Lipinski definition) is 1. The summed E-state index contributed by atoms with van der Waals surface area (Å²) in [4.78, 5) is 12.2. The van der Waals surface area contributed by atoms with Gasteiger partial charge in [-0.05, 0) is 47.9 Å². The molecule has 0 radical (unpaired) electrons. The monoisotopic (exact) mass is 294 g/mol. The van der Waals surface area contributed by atoms with Gasteiger partial charge in [0.1, 0.15) is 0 Å². The van der Waals surface area contributed by atoms with Crippen molar-refractivity contribution < 1.29 is 4.79 Å². The van der Waals surface area contributed by atoms with Gasteiger partial charge in [-0.1, -0.05) is 49.4 Å². The van der Waals surface area contributed by atoms with E-state index in [0.29, 0.717) is 12.3 Å². The number of carbonyl (C=O) groups is 1. The van der Waals surface area contributed by atoms with Crippen molar-refractivity contribution in [2.24, 2.45) is 11.0 Å². The van der Waals surface area contributed by atoms with Crippen molar-refractivity contribution >= 4 is 22.4 Å². The molecule has 0 aliphatic heterocycles. The summed E-state index contributed by atoms with van der Waals surface area (Å²) >= 11 is 0. The number of benzene rings is 2. The van der Waals surface area contributed by atoms with E-state index in [1.165, 1.54) is 18.2 Å². The normalized spacial score (nSPS) is 20.2. The molecule has 1 fully saturated rings. The molecule has 0 saturated heterocycles. The molecule has 1 aliphatic rings. The van der Waals surface area contributed by atoms with E-state index >= 15 is 0 Å². The maximum absolute atomic E-state index is 12.2. The Hall–Kier alpha value is -2.16. The first-order valence-electron chi connectivity index (χ1n) is 8.03. The minimum absolute atomic E-state index is 0.0397. The summed E-state index contributed by atoms with van der Waals surface area (Å²) in [5.41, 5.74) is 4.91. The molecule has 1 N–H and O–H groups in total. The van der Waals surface area contributed by atoms with Crippen molar-refractivity contribution in [2.75, 3.05) is 0 Å². The second-order valence-corrected chi connectivity index (χ2v) is 6.23. The Bertz CT molecular complexity index is 700. The molecular formula is C19H22N2O. The third kappa shape index (κ3) is 3.53. The average molecular weight is 294 g/mol. The summed E-state index contributed by atoms with van der Waals surface area (Å²) < 4.78 is 0. The molecule has 0 aromatic heterocycles. The van der Waals surface area contributed by atoms with Crippen LogP contribution in [0.5, 0.6) is 0 Å². The highest BCUT2D eigenvalue weighted by Crippen LogP contribution is 2.21. The Balaban J connectivity index is 1.67. The van der Waals surface area contributed by atoms with E-state index < -0.39 is 0 Å². The summed E-state index contributed by atoms with van der Waals surface area (Å²) in [5, 5.41) is 6.63. The zero-order valence-corrected chi connectivity index (χ0v) is 13.0. The number of rotatable bonds is 3. The lowest BCUT2D eigenvalue weighted by molar-refractivity contribution is -0.120. The van der Waals surface area contributed by atoms with Crippen LogP contribution in [0.25, 0.3) is 10.8 Å². The third-order valence-electron chi connectivity index (χ3n) is 4.32. The summed E-state index contributed by atoms with van der Waals surface area (Å²) in [5.74, 6) is 0.643. The Morgan fingerprint density at radius 3 is 2.91 bits per heavy atom. The van der Waals surface area contributed by atoms with Gasteiger partial charge in [0.15, 0.2) is 0 Å². The predicted octanol–water partition coefficient (Wildman–Crippen LogP) is 4.06. The quantitative estimate of drug-likeness (QED) is 0.852. The van der Waals surface area contributed by atoms with Gasteiger partial charge in [-0.15, -0.1) is 0 Å². The summed E-state index contributed by atoms with van der Waals surface area (Å²) in [7, 11) is 0. The Morgan fingerprint density at radius 2 is 2.05 bits per heavy atom. The van der Waals surface area contributed by atoms with Crippen LogP contribution in [0.15, 0.2) is 47.6 Å². The van der Waals surface area contributed by atoms with Gasteiger partial charge in [-0.25, -0.2) is 5.43 Å². The van der Waals surface area contributed by atoms with Crippen LogP contribution in [0.1, 0.15) is 38.2 Å². The maximum atomic E-state index is 12.2. The molecule has 1 saturated carbocycles. The molecule has 1 amide bonds. The van der Waals surface area contributed by atoms with Crippen molar-refractivity contribution in [1.82, 2.24) is 5.43 Å². The number of nitrogens with one attached hydrogen (secondary N) is 1. The zero-order valence-electron chi connectivity index (χ0n) is 13.0. The summed E-state index contributed by atoms with van der Waals surface area (Å²) in [6.45, 7) is 2.24. The highest BCUT2D eigenvalue weighted by molar-refractivity contribution is 5.91. The van der Waals surface area contributed by atoms with Crippen molar-refractivity contribution in [2.45, 2.75) is 39.0 Å². The number of fused-ring (bicyclic) bond motifs is 1. The second-order valence-electron chi connectivity index (χ2n) is 6.23. The lowest BCUT2D eigenvalue weighted by Gasteiger charge is -2.18. The van der Waals surface area contributed by atoms with Crippen molar-refractivity contribution in [3.8, 4) is 0 Å². The Labute approximate surface area is 131 Å². The topological polar surface area (TPSA) is 41.5 Å². The molecule has 114 valence electrons. The predicted molar refractivity (Wildman–Crippen MR) is 90.9 cm³/mol. The van der Waals surface area contributed by atoms with Gasteiger partial charge in [0.25, 0.3) is 0 Å². The van der Waals surface area contributed by atoms with Crippen LogP contribution in [-0.4, -0.2) is 11.6 Å². The van der Waals surface area contributed by atoms with Crippen LogP contribution < -0.4 is 5.43 Å². The Kier molecular flexibility index (Phi) is 4.52. The van der Waals surface area contributed by atoms with Crippen LogP contribution in [0.2, 0.25) is 0 Å². The maximum Gasteiger partial charge on any atom is 0.244 e. The van der Waals surface area contributed by atoms with Crippen LogP contribution in [0, 0.1) is 5.92 Å². The summed E-state index contributed by atoms with van der Waals surface area (Å²) in [6.07, 6.45) is 4.84. The molecule has 0 bridgehead atoms. The molecule has 0 spiro atoms. The van der Waals surface area contributed by atoms with Gasteiger partial charge in [0.2, 0.25) is 5.91 Å². The molecule has 2 aromatic carbocycles. The van der Waals surface area contributed by atoms with Gasteiger partial charge < -0.3 is 0 Å². The van der Waals surface area contributed by atoms with E-state index in [9.17, 15) is 4.79 Å². The van der Waals surface area contributed by atoms with E-state index in [4.69, 9.17) is 0 Å². The highest BCUT2D eigenvalue weighted by Gasteiger charge is 2.14. The Morgan fingerprint density at radius 1 is 1.23 bits per heavy atom. The van der Waals surface area contributed by atoms with Crippen molar-refractivity contribution in [3.05, 3.63) is 48.0 Å². The van der Waals surface area contributed by atoms with Crippen LogP contribution in [0.3, 0.4) is 0 Å². The molecule has 1 unspecified atom stereocenters. The molecule has 0 heterocycles. The van der Waals surface area contributed by atoms with Gasteiger partial charge >= 0.3 is 0 Å². The lowest BCUT2D eigenvalue weighted by atomic mass is 9.89. The van der Waals surface area contributed by atoms with Crippen LogP contribution in [-0.2, 0) is 11.2 Å². The van der Waals surface area contributed by atoms with E-state index in [2.05, 4.69) is 35.7 Å². The molecule has 22 heavy (non-hydrogen) atoms. The van der Waals surface area contributed by atoms with E-state index in [-0.39, 0.29) is 5.91 Å². The number of hydrogen-bond acceptors (Lipinski definition) is 2. The fraction of sp³-hybridized carbons (Fsp3) is 0.368. The van der Waals surface area contributed by atoms with Crippen molar-refractivity contribution in [3.63, 3.8) is 0 Å². The lowest BCUT2D eigenvalue weighted by Crippen LogP contribution is -2.23. The van der Waals surface area contributed by atoms with Gasteiger partial charge in [-0.2, -0.15) is 5.10 Å². The van der Waals surface area contributed by atoms with Crippen molar-refractivity contribution in [1.29, 1.82) is 0 Å². The zero-order chi connectivity index (χ0) is 15.4. The third-order valence-corrected chi connectivity index (χ3v) is 4.32. The first kappa shape index (κ1) is 14.8. The van der Waals surface area contributed by atoms with E-state index in [1.807, 2.05) is 24.3 Å². The SMILES string of the molecule is CC1CCC/C(=N\NC(=O)Cc2cccc3ccccc23)C1. The smallest absolute Gasteiger partial charge is 0.244 e. The van der Waals surface area contributed by atoms with E-state index in [0.717, 1.165) is 29.5 Å². The largest absolute Gasteiger partial charge is 0.273 e. The fourth-order valence-electron chi connectivity index (χ4n) is 3.16. The number of carbonyl (C=O) groups excluding carboxylic acids is 1.